The predicted molar refractivity (Wildman–Crippen MR) is 210 cm³/mol. The first-order chi connectivity index (χ1) is 25.3. The van der Waals surface area contributed by atoms with E-state index in [-0.39, 0.29) is 0 Å². The lowest BCUT2D eigenvalue weighted by Crippen LogP contribution is -2.00. The van der Waals surface area contributed by atoms with E-state index in [0.29, 0.717) is 34.9 Å². The molecule has 0 saturated heterocycles. The Balaban J connectivity index is 1.11. The molecule has 6 nitrogen and oxygen atoms in total. The number of rotatable bonds is 7. The summed E-state index contributed by atoms with van der Waals surface area (Å²) in [7, 11) is 0. The van der Waals surface area contributed by atoms with Crippen molar-refractivity contribution >= 4 is 0 Å². The third kappa shape index (κ3) is 7.00. The summed E-state index contributed by atoms with van der Waals surface area (Å²) < 4.78 is 0. The molecule has 52 heavy (non-hydrogen) atoms. The summed E-state index contributed by atoms with van der Waals surface area (Å²) in [6, 6.07) is 49.9. The van der Waals surface area contributed by atoms with Crippen molar-refractivity contribution in [3.63, 3.8) is 0 Å². The number of hydrogen-bond acceptors (Lipinski definition) is 6. The Hall–Kier alpha value is -6.66. The zero-order chi connectivity index (χ0) is 35.6. The molecule has 0 saturated carbocycles. The molecule has 6 heteroatoms. The van der Waals surface area contributed by atoms with Crippen molar-refractivity contribution in [2.45, 2.75) is 27.7 Å². The van der Waals surface area contributed by atoms with Crippen LogP contribution in [-0.4, -0.2) is 29.9 Å². The van der Waals surface area contributed by atoms with Gasteiger partial charge in [0.25, 0.3) is 0 Å². The van der Waals surface area contributed by atoms with E-state index in [1.54, 1.807) is 0 Å². The van der Waals surface area contributed by atoms with Gasteiger partial charge >= 0.3 is 0 Å². The molecule has 0 atom stereocenters. The zero-order valence-electron chi connectivity index (χ0n) is 29.5. The van der Waals surface area contributed by atoms with Gasteiger partial charge in [0.1, 0.15) is 0 Å². The summed E-state index contributed by atoms with van der Waals surface area (Å²) in [5.74, 6) is 3.85. The number of hydrogen-bond donors (Lipinski definition) is 0. The maximum absolute atomic E-state index is 4.92. The van der Waals surface area contributed by atoms with Crippen LogP contribution in [0, 0.1) is 27.7 Å². The van der Waals surface area contributed by atoms with Gasteiger partial charge in [-0.05, 0) is 38.8 Å². The van der Waals surface area contributed by atoms with Crippen molar-refractivity contribution < 1.29 is 0 Å². The van der Waals surface area contributed by atoms with Gasteiger partial charge in [0, 0.05) is 33.4 Å². The number of benzene rings is 6. The topological polar surface area (TPSA) is 77.3 Å². The summed E-state index contributed by atoms with van der Waals surface area (Å²) in [5.41, 5.74) is 12.6. The summed E-state index contributed by atoms with van der Waals surface area (Å²) in [6.45, 7) is 8.31. The summed E-state index contributed by atoms with van der Waals surface area (Å²) in [4.78, 5) is 29.4. The molecule has 0 fully saturated rings. The van der Waals surface area contributed by atoms with Gasteiger partial charge in [0.15, 0.2) is 34.9 Å². The minimum atomic E-state index is 0.631. The highest BCUT2D eigenvalue weighted by atomic mass is 15.0. The average Bonchev–Trinajstić information content (AvgIpc) is 3.19. The Morgan fingerprint density at radius 3 is 0.500 bits per heavy atom. The highest BCUT2D eigenvalue weighted by Gasteiger charge is 2.15. The molecule has 8 rings (SSSR count). The van der Waals surface area contributed by atoms with Crippen LogP contribution in [0.3, 0.4) is 0 Å². The molecule has 2 aromatic heterocycles. The Labute approximate surface area is 304 Å². The van der Waals surface area contributed by atoms with E-state index in [9.17, 15) is 0 Å². The molecule has 0 radical (unpaired) electrons. The van der Waals surface area contributed by atoms with Crippen LogP contribution in [0.1, 0.15) is 22.3 Å². The first-order valence-corrected chi connectivity index (χ1v) is 17.4. The second kappa shape index (κ2) is 13.9. The Morgan fingerprint density at radius 1 is 0.192 bits per heavy atom. The maximum atomic E-state index is 4.92. The average molecular weight is 673 g/mol. The van der Waals surface area contributed by atoms with Gasteiger partial charge < -0.3 is 0 Å². The maximum Gasteiger partial charge on any atom is 0.164 e. The SMILES string of the molecule is Cc1ccc(-c2nc(-c3ccc(C)cc3)nc(-c3ccc(-c4ccc(-c5nc(-c6ccc(C)cc6)nc(-c6ccc(C)cc6)n5)cc4)cc3)n2)cc1. The lowest BCUT2D eigenvalue weighted by Gasteiger charge is -2.10. The van der Waals surface area contributed by atoms with Crippen molar-refractivity contribution in [3.05, 3.63) is 168 Å². The molecular formula is C46H36N6. The molecule has 0 aliphatic carbocycles. The molecule has 6 aromatic carbocycles. The first kappa shape index (κ1) is 32.5. The van der Waals surface area contributed by atoms with Crippen LogP contribution in [0.5, 0.6) is 0 Å². The Morgan fingerprint density at radius 2 is 0.327 bits per heavy atom. The third-order valence-electron chi connectivity index (χ3n) is 9.13. The molecule has 0 aliphatic heterocycles. The minimum Gasteiger partial charge on any atom is -0.208 e. The van der Waals surface area contributed by atoms with E-state index in [0.717, 1.165) is 44.5 Å². The van der Waals surface area contributed by atoms with Crippen molar-refractivity contribution in [1.82, 2.24) is 29.9 Å². The van der Waals surface area contributed by atoms with Crippen LogP contribution < -0.4 is 0 Å². The van der Waals surface area contributed by atoms with E-state index >= 15 is 0 Å². The smallest absolute Gasteiger partial charge is 0.164 e. The quantitative estimate of drug-likeness (QED) is 0.168. The molecule has 0 aliphatic rings. The first-order valence-electron chi connectivity index (χ1n) is 17.4. The molecule has 0 N–H and O–H groups in total. The lowest BCUT2D eigenvalue weighted by molar-refractivity contribution is 1.07. The highest BCUT2D eigenvalue weighted by Crippen LogP contribution is 2.30. The van der Waals surface area contributed by atoms with E-state index in [2.05, 4.69) is 173 Å². The van der Waals surface area contributed by atoms with E-state index in [1.165, 1.54) is 22.3 Å². The molecule has 2 heterocycles. The number of aryl methyl sites for hydroxylation is 4. The minimum absolute atomic E-state index is 0.631. The van der Waals surface area contributed by atoms with Crippen LogP contribution in [0.4, 0.5) is 0 Å². The molecule has 250 valence electrons. The fourth-order valence-corrected chi connectivity index (χ4v) is 5.96. The summed E-state index contributed by atoms with van der Waals surface area (Å²) >= 11 is 0. The van der Waals surface area contributed by atoms with Crippen LogP contribution >= 0.6 is 0 Å². The molecule has 0 bridgehead atoms. The van der Waals surface area contributed by atoms with E-state index in [4.69, 9.17) is 29.9 Å². The number of nitrogens with zero attached hydrogens (tertiary/aromatic N) is 6. The molecular weight excluding hydrogens is 637 g/mol. The molecule has 0 spiro atoms. The second-order valence-corrected chi connectivity index (χ2v) is 13.2. The largest absolute Gasteiger partial charge is 0.208 e. The fraction of sp³-hybridized carbons (Fsp3) is 0.0870. The van der Waals surface area contributed by atoms with E-state index < -0.39 is 0 Å². The van der Waals surface area contributed by atoms with Gasteiger partial charge in [-0.25, -0.2) is 29.9 Å². The summed E-state index contributed by atoms with van der Waals surface area (Å²) in [6.07, 6.45) is 0. The van der Waals surface area contributed by atoms with Crippen LogP contribution in [0.2, 0.25) is 0 Å². The van der Waals surface area contributed by atoms with Gasteiger partial charge in [0.2, 0.25) is 0 Å². The van der Waals surface area contributed by atoms with Crippen molar-refractivity contribution in [1.29, 1.82) is 0 Å². The van der Waals surface area contributed by atoms with Crippen LogP contribution in [-0.2, 0) is 0 Å². The molecule has 0 unspecified atom stereocenters. The van der Waals surface area contributed by atoms with Crippen molar-refractivity contribution in [2.75, 3.05) is 0 Å². The number of aromatic nitrogens is 6. The van der Waals surface area contributed by atoms with Gasteiger partial charge in [-0.2, -0.15) is 0 Å². The molecule has 0 amide bonds. The van der Waals surface area contributed by atoms with Crippen LogP contribution in [0.25, 0.3) is 79.5 Å². The Bertz CT molecular complexity index is 2180. The normalized spacial score (nSPS) is 11.1. The fourth-order valence-electron chi connectivity index (χ4n) is 5.96. The van der Waals surface area contributed by atoms with Gasteiger partial charge in [0.05, 0.1) is 0 Å². The molecule has 8 aromatic rings. The standard InChI is InChI=1S/C46H36N6/c1-29-5-13-35(14-6-29)41-47-42(36-15-7-30(2)8-16-36)50-45(49-41)39-25-21-33(22-26-39)34-23-27-40(28-24-34)46-51-43(37-17-9-31(3)10-18-37)48-44(52-46)38-19-11-32(4)12-20-38/h5-28H,1-4H3. The zero-order valence-corrected chi connectivity index (χ0v) is 29.5. The van der Waals surface area contributed by atoms with Crippen molar-refractivity contribution in [3.8, 4) is 79.5 Å². The summed E-state index contributed by atoms with van der Waals surface area (Å²) in [5, 5.41) is 0. The predicted octanol–water partition coefficient (Wildman–Crippen LogP) is 11.0. The van der Waals surface area contributed by atoms with Crippen molar-refractivity contribution in [2.24, 2.45) is 0 Å². The second-order valence-electron chi connectivity index (χ2n) is 13.2. The highest BCUT2D eigenvalue weighted by molar-refractivity contribution is 5.73. The van der Waals surface area contributed by atoms with E-state index in [1.807, 2.05) is 0 Å². The Kier molecular flexibility index (Phi) is 8.71. The van der Waals surface area contributed by atoms with Gasteiger partial charge in [-0.3, -0.25) is 0 Å². The third-order valence-corrected chi connectivity index (χ3v) is 9.13. The van der Waals surface area contributed by atoms with Gasteiger partial charge in [-0.15, -0.1) is 0 Å². The van der Waals surface area contributed by atoms with Gasteiger partial charge in [-0.1, -0.05) is 168 Å². The van der Waals surface area contributed by atoms with Crippen LogP contribution in [0.15, 0.2) is 146 Å². The lowest BCUT2D eigenvalue weighted by atomic mass is 10.0. The monoisotopic (exact) mass is 672 g/mol.